The number of hydrogen-bond acceptors (Lipinski definition) is 6. The average Bonchev–Trinajstić information content (AvgIpc) is 3.01. The number of hydrogen-bond donors (Lipinski definition) is 2. The molecule has 0 aliphatic carbocycles. The molecule has 0 fully saturated rings. The number of allylic oxidation sites excluding steroid dienone is 3. The molecule has 1 amide bonds. The summed E-state index contributed by atoms with van der Waals surface area (Å²) >= 11 is 0. The first-order valence-electron chi connectivity index (χ1n) is 19.2. The first-order chi connectivity index (χ1) is 22.5. The number of quaternary nitrogens is 1. The van der Waals surface area contributed by atoms with Gasteiger partial charge in [0.25, 0.3) is 7.82 Å². The molecule has 8 nitrogen and oxygen atoms in total. The fourth-order valence-corrected chi connectivity index (χ4v) is 5.99. The Kier molecular flexibility index (Phi) is 30.3. The summed E-state index contributed by atoms with van der Waals surface area (Å²) in [7, 11) is 1.25. The second kappa shape index (κ2) is 31.0. The van der Waals surface area contributed by atoms with Gasteiger partial charge in [-0.1, -0.05) is 134 Å². The van der Waals surface area contributed by atoms with Gasteiger partial charge in [-0.05, 0) is 44.9 Å². The Balaban J connectivity index is 4.40. The molecule has 0 aromatic carbocycles. The van der Waals surface area contributed by atoms with Gasteiger partial charge in [0.1, 0.15) is 13.2 Å². The molecule has 0 aliphatic heterocycles. The van der Waals surface area contributed by atoms with Crippen LogP contribution in [0.5, 0.6) is 0 Å². The van der Waals surface area contributed by atoms with Gasteiger partial charge in [-0.15, -0.1) is 0 Å². The van der Waals surface area contributed by atoms with E-state index in [2.05, 4.69) is 31.3 Å². The first kappa shape index (κ1) is 46.0. The van der Waals surface area contributed by atoms with E-state index < -0.39 is 20.0 Å². The summed E-state index contributed by atoms with van der Waals surface area (Å²) in [5, 5.41) is 13.6. The number of carbonyl (C=O) groups is 1. The number of aliphatic hydroxyl groups is 1. The quantitative estimate of drug-likeness (QED) is 0.0303. The minimum atomic E-state index is -4.57. The highest BCUT2D eigenvalue weighted by Crippen LogP contribution is 2.38. The summed E-state index contributed by atoms with van der Waals surface area (Å²) in [6.07, 6.45) is 33.7. The monoisotopic (exact) mass is 687 g/mol. The molecule has 0 heterocycles. The highest BCUT2D eigenvalue weighted by Gasteiger charge is 2.23. The molecule has 2 N–H and O–H groups in total. The van der Waals surface area contributed by atoms with E-state index in [-0.39, 0.29) is 19.1 Å². The number of nitrogens with one attached hydrogen (secondary N) is 1. The molecule has 0 aromatic rings. The number of phosphoric ester groups is 1. The smallest absolute Gasteiger partial charge is 0.268 e. The molecule has 0 spiro atoms. The lowest BCUT2D eigenvalue weighted by molar-refractivity contribution is -0.870. The second-order valence-corrected chi connectivity index (χ2v) is 15.7. The Morgan fingerprint density at radius 1 is 0.723 bits per heavy atom. The lowest BCUT2D eigenvalue weighted by Gasteiger charge is -2.29. The predicted octanol–water partition coefficient (Wildman–Crippen LogP) is 9.16. The van der Waals surface area contributed by atoms with Crippen molar-refractivity contribution in [3.63, 3.8) is 0 Å². The summed E-state index contributed by atoms with van der Waals surface area (Å²) in [6, 6.07) is -0.882. The van der Waals surface area contributed by atoms with Gasteiger partial charge in [-0.3, -0.25) is 9.36 Å². The number of amides is 1. The molecule has 3 unspecified atom stereocenters. The SMILES string of the molecule is CCCCCCCC/C=C\CCCCCCCCCC(=O)NC(COP(=O)([O-])OCC[N+](C)(C)C)C(O)/C=C/CCCCCCCC. The zero-order valence-corrected chi connectivity index (χ0v) is 32.1. The van der Waals surface area contributed by atoms with E-state index in [9.17, 15) is 19.4 Å². The normalized spacial score (nSPS) is 15.0. The minimum absolute atomic E-state index is 0.00161. The maximum atomic E-state index is 12.7. The number of phosphoric acid groups is 1. The third kappa shape index (κ3) is 33.3. The van der Waals surface area contributed by atoms with E-state index >= 15 is 0 Å². The molecule has 0 radical (unpaired) electrons. The fourth-order valence-electron chi connectivity index (χ4n) is 5.26. The molecule has 3 atom stereocenters. The van der Waals surface area contributed by atoms with Gasteiger partial charge in [-0.25, -0.2) is 0 Å². The van der Waals surface area contributed by atoms with E-state index in [4.69, 9.17) is 9.05 Å². The topological polar surface area (TPSA) is 108 Å². The van der Waals surface area contributed by atoms with Gasteiger partial charge in [0.15, 0.2) is 0 Å². The number of carbonyl (C=O) groups excluding carboxylic acids is 1. The van der Waals surface area contributed by atoms with Crippen molar-refractivity contribution in [1.82, 2.24) is 5.32 Å². The van der Waals surface area contributed by atoms with Gasteiger partial charge in [0.2, 0.25) is 5.91 Å². The Morgan fingerprint density at radius 2 is 1.17 bits per heavy atom. The lowest BCUT2D eigenvalue weighted by Crippen LogP contribution is -2.45. The van der Waals surface area contributed by atoms with Gasteiger partial charge in [0.05, 0.1) is 39.9 Å². The molecule has 47 heavy (non-hydrogen) atoms. The van der Waals surface area contributed by atoms with Crippen LogP contribution in [0.25, 0.3) is 0 Å². The van der Waals surface area contributed by atoms with Crippen molar-refractivity contribution in [2.75, 3.05) is 40.9 Å². The number of likely N-dealkylation sites (N-methyl/N-ethyl adjacent to an activating group) is 1. The zero-order chi connectivity index (χ0) is 35.1. The van der Waals surface area contributed by atoms with Crippen molar-refractivity contribution in [2.45, 2.75) is 174 Å². The van der Waals surface area contributed by atoms with E-state index in [1.54, 1.807) is 6.08 Å². The highest BCUT2D eigenvalue weighted by atomic mass is 31.2. The molecule has 0 rings (SSSR count). The second-order valence-electron chi connectivity index (χ2n) is 14.3. The fraction of sp³-hybridized carbons (Fsp3) is 0.868. The van der Waals surface area contributed by atoms with Crippen LogP contribution in [0.2, 0.25) is 0 Å². The zero-order valence-electron chi connectivity index (χ0n) is 31.2. The van der Waals surface area contributed by atoms with Crippen molar-refractivity contribution < 1.29 is 32.9 Å². The predicted molar refractivity (Wildman–Crippen MR) is 196 cm³/mol. The Morgan fingerprint density at radius 3 is 1.66 bits per heavy atom. The summed E-state index contributed by atoms with van der Waals surface area (Å²) < 4.78 is 23.0. The number of aliphatic hydroxyl groups excluding tert-OH is 1. The minimum Gasteiger partial charge on any atom is -0.756 e. The molecule has 0 bridgehead atoms. The molecule has 0 saturated heterocycles. The Labute approximate surface area is 290 Å². The molecular weight excluding hydrogens is 611 g/mol. The molecule has 0 aromatic heterocycles. The van der Waals surface area contributed by atoms with Crippen LogP contribution >= 0.6 is 7.82 Å². The summed E-state index contributed by atoms with van der Waals surface area (Å²) in [5.74, 6) is -0.207. The van der Waals surface area contributed by atoms with E-state index in [1.807, 2.05) is 27.2 Å². The molecule has 0 saturated carbocycles. The van der Waals surface area contributed by atoms with Crippen LogP contribution in [-0.4, -0.2) is 68.5 Å². The van der Waals surface area contributed by atoms with Crippen molar-refractivity contribution in [3.05, 3.63) is 24.3 Å². The van der Waals surface area contributed by atoms with Crippen molar-refractivity contribution >= 4 is 13.7 Å². The maximum absolute atomic E-state index is 12.7. The third-order valence-corrected chi connectivity index (χ3v) is 9.37. The summed E-state index contributed by atoms with van der Waals surface area (Å²) in [6.45, 7) is 4.57. The highest BCUT2D eigenvalue weighted by molar-refractivity contribution is 7.45. The van der Waals surface area contributed by atoms with Gasteiger partial charge in [0, 0.05) is 6.42 Å². The van der Waals surface area contributed by atoms with Gasteiger partial charge >= 0.3 is 0 Å². The van der Waals surface area contributed by atoms with Crippen LogP contribution < -0.4 is 10.2 Å². The average molecular weight is 687 g/mol. The summed E-state index contributed by atoms with van der Waals surface area (Å²) in [4.78, 5) is 25.1. The number of rotatable bonds is 34. The maximum Gasteiger partial charge on any atom is 0.268 e. The van der Waals surface area contributed by atoms with E-state index in [0.29, 0.717) is 17.4 Å². The van der Waals surface area contributed by atoms with Crippen LogP contribution in [0.1, 0.15) is 162 Å². The van der Waals surface area contributed by atoms with Crippen molar-refractivity contribution in [2.24, 2.45) is 0 Å². The van der Waals surface area contributed by atoms with Crippen molar-refractivity contribution in [3.8, 4) is 0 Å². The van der Waals surface area contributed by atoms with Gasteiger partial charge < -0.3 is 28.8 Å². The first-order valence-corrected chi connectivity index (χ1v) is 20.7. The number of nitrogens with zero attached hydrogens (tertiary/aromatic N) is 1. The molecule has 278 valence electrons. The number of unbranched alkanes of at least 4 members (excludes halogenated alkanes) is 19. The standard InChI is InChI=1S/C38H75N2O6P/c1-6-8-10-12-14-16-17-18-19-20-21-22-23-24-26-28-30-32-38(42)39-36(35-46-47(43,44)45-34-33-40(3,4)5)37(41)31-29-27-25-15-13-11-9-7-2/h18-19,29,31,36-37,41H,6-17,20-28,30,32-35H2,1-5H3,(H-,39,42,43,44)/b19-18-,31-29+. The van der Waals surface area contributed by atoms with E-state index in [0.717, 1.165) is 38.5 Å². The lowest BCUT2D eigenvalue weighted by atomic mass is 10.1. The third-order valence-electron chi connectivity index (χ3n) is 8.41. The summed E-state index contributed by atoms with van der Waals surface area (Å²) in [5.41, 5.74) is 0. The van der Waals surface area contributed by atoms with Crippen LogP contribution in [0.4, 0.5) is 0 Å². The molecule has 9 heteroatoms. The van der Waals surface area contributed by atoms with Crippen LogP contribution in [-0.2, 0) is 18.4 Å². The molecule has 0 aliphatic rings. The van der Waals surface area contributed by atoms with Crippen LogP contribution in [0.3, 0.4) is 0 Å². The van der Waals surface area contributed by atoms with Crippen LogP contribution in [0, 0.1) is 0 Å². The Bertz CT molecular complexity index is 829. The van der Waals surface area contributed by atoms with Crippen LogP contribution in [0.15, 0.2) is 24.3 Å². The molecular formula is C38H75N2O6P. The van der Waals surface area contributed by atoms with Crippen molar-refractivity contribution in [1.29, 1.82) is 0 Å². The largest absolute Gasteiger partial charge is 0.756 e. The van der Waals surface area contributed by atoms with Gasteiger partial charge in [-0.2, -0.15) is 0 Å². The Hall–Kier alpha value is -1.02. The van der Waals surface area contributed by atoms with E-state index in [1.165, 1.54) is 103 Å².